The van der Waals surface area contributed by atoms with Gasteiger partial charge >= 0.3 is 5.97 Å². The van der Waals surface area contributed by atoms with Crippen molar-refractivity contribution in [3.8, 4) is 0 Å². The number of unbranched alkanes of at least 4 members (excludes halogenated alkanes) is 1. The Morgan fingerprint density at radius 2 is 1.93 bits per heavy atom. The Morgan fingerprint density at radius 1 is 1.25 bits per heavy atom. The highest BCUT2D eigenvalue weighted by Gasteiger charge is 2.57. The summed E-state index contributed by atoms with van der Waals surface area (Å²) >= 11 is 0. The molecule has 7 heteroatoms. The summed E-state index contributed by atoms with van der Waals surface area (Å²) in [5, 5.41) is 12.1. The lowest BCUT2D eigenvalue weighted by Gasteiger charge is -2.33. The summed E-state index contributed by atoms with van der Waals surface area (Å²) in [6.45, 7) is 10.0. The van der Waals surface area contributed by atoms with Crippen LogP contribution in [0.3, 0.4) is 0 Å². The third-order valence-electron chi connectivity index (χ3n) is 5.41. The van der Waals surface area contributed by atoms with Crippen LogP contribution in [0, 0.1) is 23.7 Å². The van der Waals surface area contributed by atoms with E-state index in [-0.39, 0.29) is 42.8 Å². The van der Waals surface area contributed by atoms with E-state index in [2.05, 4.69) is 5.32 Å². The number of carbonyl (C=O) groups is 3. The molecule has 0 aromatic heterocycles. The summed E-state index contributed by atoms with van der Waals surface area (Å²) in [5.41, 5.74) is -0.429. The number of esters is 1. The highest BCUT2D eigenvalue weighted by atomic mass is 16.5. The smallest absolute Gasteiger partial charge is 0.310 e. The lowest BCUT2D eigenvalue weighted by Crippen LogP contribution is -2.52. The van der Waals surface area contributed by atoms with Crippen molar-refractivity contribution in [2.75, 3.05) is 19.8 Å². The van der Waals surface area contributed by atoms with Crippen molar-refractivity contribution in [3.63, 3.8) is 0 Å². The van der Waals surface area contributed by atoms with Crippen LogP contribution in [0.4, 0.5) is 0 Å². The maximum atomic E-state index is 13.3. The molecule has 2 N–H and O–H groups in total. The number of rotatable bonds is 7. The highest BCUT2D eigenvalue weighted by molar-refractivity contribution is 5.96. The summed E-state index contributed by atoms with van der Waals surface area (Å²) in [6.07, 6.45) is 5.00. The van der Waals surface area contributed by atoms with Crippen LogP contribution in [-0.2, 0) is 19.1 Å². The molecule has 1 heterocycles. The largest absolute Gasteiger partial charge is 0.466 e. The van der Waals surface area contributed by atoms with Crippen LogP contribution in [-0.4, -0.2) is 59.1 Å². The van der Waals surface area contributed by atoms with Crippen molar-refractivity contribution in [3.05, 3.63) is 12.2 Å². The highest BCUT2D eigenvalue weighted by Crippen LogP contribution is 2.44. The van der Waals surface area contributed by atoms with Gasteiger partial charge < -0.3 is 20.1 Å². The molecule has 0 bridgehead atoms. The summed E-state index contributed by atoms with van der Waals surface area (Å²) in [7, 11) is 0. The standard InChI is InChI=1S/C21H34N2O5/c1-6-28-20(27)15-13(2)9-10-14-16(15)19(26)23(11-7-8-12-24)17(14)18(25)22-21(3,4)5/h9-10,13-17,24H,6-8,11-12H2,1-5H3,(H,22,25)/t13-,14+,15-,16-,17+/m1/s1. The Balaban J connectivity index is 2.38. The Kier molecular flexibility index (Phi) is 7.26. The fraction of sp³-hybridized carbons (Fsp3) is 0.762. The number of nitrogens with one attached hydrogen (secondary N) is 1. The lowest BCUT2D eigenvalue weighted by atomic mass is 9.70. The van der Waals surface area contributed by atoms with Gasteiger partial charge in [-0.1, -0.05) is 19.1 Å². The summed E-state index contributed by atoms with van der Waals surface area (Å²) < 4.78 is 5.24. The van der Waals surface area contributed by atoms with Gasteiger partial charge in [-0.05, 0) is 46.5 Å². The molecule has 1 fully saturated rings. The molecule has 28 heavy (non-hydrogen) atoms. The predicted octanol–water partition coefficient (Wildman–Crippen LogP) is 1.50. The Bertz CT molecular complexity index is 625. The number of hydrogen-bond acceptors (Lipinski definition) is 5. The van der Waals surface area contributed by atoms with Crippen LogP contribution >= 0.6 is 0 Å². The third kappa shape index (κ3) is 4.74. The number of fused-ring (bicyclic) bond motifs is 1. The molecule has 0 spiro atoms. The molecule has 0 unspecified atom stereocenters. The number of hydrogen-bond donors (Lipinski definition) is 2. The maximum absolute atomic E-state index is 13.3. The second-order valence-corrected chi connectivity index (χ2v) is 8.77. The summed E-state index contributed by atoms with van der Waals surface area (Å²) in [4.78, 5) is 40.6. The van der Waals surface area contributed by atoms with Crippen LogP contribution in [0.15, 0.2) is 12.2 Å². The number of allylic oxidation sites excluding steroid dienone is 1. The minimum atomic E-state index is -0.656. The quantitative estimate of drug-likeness (QED) is 0.388. The minimum absolute atomic E-state index is 0.0378. The molecule has 2 amide bonds. The van der Waals surface area contributed by atoms with Gasteiger partial charge in [0, 0.05) is 24.6 Å². The van der Waals surface area contributed by atoms with E-state index in [9.17, 15) is 14.4 Å². The fourth-order valence-electron chi connectivity index (χ4n) is 4.27. The van der Waals surface area contributed by atoms with E-state index in [1.807, 2.05) is 39.8 Å². The average molecular weight is 395 g/mol. The zero-order chi connectivity index (χ0) is 21.1. The van der Waals surface area contributed by atoms with E-state index >= 15 is 0 Å². The van der Waals surface area contributed by atoms with Gasteiger partial charge in [0.25, 0.3) is 0 Å². The average Bonchev–Trinajstić information content (AvgIpc) is 2.86. The SMILES string of the molecule is CCOC(=O)[C@H]1[C@@H]2C(=O)N(CCCCO)[C@H](C(=O)NC(C)(C)C)[C@H]2C=C[C@H]1C. The summed E-state index contributed by atoms with van der Waals surface area (Å²) in [5.74, 6) is -2.44. The Morgan fingerprint density at radius 3 is 2.50 bits per heavy atom. The first-order valence-corrected chi connectivity index (χ1v) is 10.2. The molecule has 0 aromatic rings. The number of amides is 2. The van der Waals surface area contributed by atoms with E-state index in [4.69, 9.17) is 9.84 Å². The monoisotopic (exact) mass is 394 g/mol. The molecule has 1 saturated heterocycles. The van der Waals surface area contributed by atoms with Gasteiger partial charge in [-0.3, -0.25) is 14.4 Å². The van der Waals surface area contributed by atoms with Gasteiger partial charge in [-0.25, -0.2) is 0 Å². The molecule has 1 aliphatic carbocycles. The van der Waals surface area contributed by atoms with Gasteiger partial charge in [0.05, 0.1) is 18.4 Å². The molecule has 1 aliphatic heterocycles. The zero-order valence-electron chi connectivity index (χ0n) is 17.6. The molecule has 7 nitrogen and oxygen atoms in total. The van der Waals surface area contributed by atoms with Crippen molar-refractivity contribution in [1.29, 1.82) is 0 Å². The Hall–Kier alpha value is -1.89. The number of aliphatic hydroxyl groups excluding tert-OH is 1. The molecule has 0 aromatic carbocycles. The maximum Gasteiger partial charge on any atom is 0.310 e. The van der Waals surface area contributed by atoms with Gasteiger partial charge in [-0.15, -0.1) is 0 Å². The fourth-order valence-corrected chi connectivity index (χ4v) is 4.27. The first kappa shape index (κ1) is 22.4. The lowest BCUT2D eigenvalue weighted by molar-refractivity contribution is -0.155. The van der Waals surface area contributed by atoms with Crippen molar-refractivity contribution < 1.29 is 24.2 Å². The second-order valence-electron chi connectivity index (χ2n) is 8.77. The number of carbonyl (C=O) groups excluding carboxylic acids is 3. The number of aliphatic hydroxyl groups is 1. The van der Waals surface area contributed by atoms with Crippen molar-refractivity contribution in [1.82, 2.24) is 10.2 Å². The van der Waals surface area contributed by atoms with Gasteiger partial charge in [0.1, 0.15) is 6.04 Å². The van der Waals surface area contributed by atoms with Crippen molar-refractivity contribution in [2.24, 2.45) is 23.7 Å². The van der Waals surface area contributed by atoms with Gasteiger partial charge in [0.15, 0.2) is 0 Å². The topological polar surface area (TPSA) is 95.9 Å². The Labute approximate surface area is 167 Å². The van der Waals surface area contributed by atoms with Crippen LogP contribution in [0.5, 0.6) is 0 Å². The number of ether oxygens (including phenoxy) is 1. The zero-order valence-corrected chi connectivity index (χ0v) is 17.6. The first-order valence-electron chi connectivity index (χ1n) is 10.2. The molecule has 0 radical (unpaired) electrons. The van der Waals surface area contributed by atoms with E-state index < -0.39 is 23.4 Å². The molecule has 0 saturated carbocycles. The predicted molar refractivity (Wildman–Crippen MR) is 105 cm³/mol. The third-order valence-corrected chi connectivity index (χ3v) is 5.41. The molecule has 2 rings (SSSR count). The van der Waals surface area contributed by atoms with E-state index in [0.29, 0.717) is 19.4 Å². The molecule has 158 valence electrons. The van der Waals surface area contributed by atoms with E-state index in [0.717, 1.165) is 0 Å². The second kappa shape index (κ2) is 9.07. The van der Waals surface area contributed by atoms with E-state index in [1.54, 1.807) is 11.8 Å². The van der Waals surface area contributed by atoms with E-state index in [1.165, 1.54) is 0 Å². The van der Waals surface area contributed by atoms with Gasteiger partial charge in [-0.2, -0.15) is 0 Å². The molecular formula is C21H34N2O5. The van der Waals surface area contributed by atoms with Crippen LogP contribution in [0.25, 0.3) is 0 Å². The van der Waals surface area contributed by atoms with Crippen LogP contribution in [0.2, 0.25) is 0 Å². The molecular weight excluding hydrogens is 360 g/mol. The van der Waals surface area contributed by atoms with Crippen LogP contribution < -0.4 is 5.32 Å². The molecule has 5 atom stereocenters. The number of likely N-dealkylation sites (tertiary alicyclic amines) is 1. The molecule has 2 aliphatic rings. The van der Waals surface area contributed by atoms with Crippen LogP contribution in [0.1, 0.15) is 47.5 Å². The van der Waals surface area contributed by atoms with Gasteiger partial charge in [0.2, 0.25) is 11.8 Å². The minimum Gasteiger partial charge on any atom is -0.466 e. The normalized spacial score (nSPS) is 29.6. The van der Waals surface area contributed by atoms with Crippen molar-refractivity contribution >= 4 is 17.8 Å². The summed E-state index contributed by atoms with van der Waals surface area (Å²) in [6, 6.07) is -0.656. The number of nitrogens with zero attached hydrogens (tertiary/aromatic N) is 1. The first-order chi connectivity index (χ1) is 13.1. The van der Waals surface area contributed by atoms with Crippen molar-refractivity contribution in [2.45, 2.75) is 59.0 Å².